The highest BCUT2D eigenvalue weighted by Crippen LogP contribution is 2.11. The Morgan fingerprint density at radius 3 is 2.70 bits per heavy atom. The predicted octanol–water partition coefficient (Wildman–Crippen LogP) is 2.20. The quantitative estimate of drug-likeness (QED) is 0.557. The minimum atomic E-state index is -0.259. The number of aryl methyl sites for hydroxylation is 2. The van der Waals surface area contributed by atoms with E-state index < -0.39 is 0 Å². The van der Waals surface area contributed by atoms with Gasteiger partial charge in [0, 0.05) is 36.7 Å². The Labute approximate surface area is 156 Å². The van der Waals surface area contributed by atoms with Crippen LogP contribution in [0.1, 0.15) is 27.6 Å². The van der Waals surface area contributed by atoms with Gasteiger partial charge in [-0.2, -0.15) is 10.1 Å². The molecule has 3 heterocycles. The van der Waals surface area contributed by atoms with E-state index in [-0.39, 0.29) is 11.7 Å². The van der Waals surface area contributed by atoms with Crippen LogP contribution in [-0.4, -0.2) is 47.2 Å². The van der Waals surface area contributed by atoms with Crippen molar-refractivity contribution in [2.45, 2.75) is 20.4 Å². The number of fused-ring (bicyclic) bond motifs is 1. The predicted molar refractivity (Wildman–Crippen MR) is 99.6 cm³/mol. The summed E-state index contributed by atoms with van der Waals surface area (Å²) in [5, 5.41) is 8.66. The Morgan fingerprint density at radius 1 is 1.15 bits per heavy atom. The number of hydrogen-bond donors (Lipinski definition) is 0. The van der Waals surface area contributed by atoms with E-state index in [9.17, 15) is 4.79 Å². The fourth-order valence-electron chi connectivity index (χ4n) is 2.94. The third-order valence-corrected chi connectivity index (χ3v) is 4.23. The summed E-state index contributed by atoms with van der Waals surface area (Å²) in [7, 11) is 1.72. The van der Waals surface area contributed by atoms with E-state index in [4.69, 9.17) is 0 Å². The lowest BCUT2D eigenvalue weighted by atomic mass is 10.3. The van der Waals surface area contributed by atoms with E-state index in [2.05, 4.69) is 20.2 Å². The minimum absolute atomic E-state index is 0.133. The lowest BCUT2D eigenvalue weighted by Gasteiger charge is -2.13. The average molecular weight is 361 g/mol. The lowest BCUT2D eigenvalue weighted by Crippen LogP contribution is -2.27. The van der Waals surface area contributed by atoms with E-state index in [1.165, 1.54) is 0 Å². The molecule has 1 amide bonds. The van der Waals surface area contributed by atoms with E-state index in [0.29, 0.717) is 12.3 Å². The second-order valence-electron chi connectivity index (χ2n) is 6.48. The Balaban J connectivity index is 1.53. The van der Waals surface area contributed by atoms with Crippen molar-refractivity contribution in [3.8, 4) is 5.69 Å². The van der Waals surface area contributed by atoms with Crippen LogP contribution in [-0.2, 0) is 6.54 Å². The number of carbonyl (C=O) groups is 1. The summed E-state index contributed by atoms with van der Waals surface area (Å²) in [5.41, 5.74) is 3.62. The Kier molecular flexibility index (Phi) is 4.15. The number of para-hydroxylation sites is 1. The summed E-state index contributed by atoms with van der Waals surface area (Å²) in [5.74, 6) is 0.306. The van der Waals surface area contributed by atoms with Crippen LogP contribution < -0.4 is 0 Å². The smallest absolute Gasteiger partial charge is 0.293 e. The fourth-order valence-corrected chi connectivity index (χ4v) is 2.94. The highest BCUT2D eigenvalue weighted by Gasteiger charge is 2.19. The van der Waals surface area contributed by atoms with Gasteiger partial charge >= 0.3 is 0 Å². The van der Waals surface area contributed by atoms with Crippen LogP contribution in [0, 0.1) is 13.8 Å². The Bertz CT molecular complexity index is 1110. The van der Waals surface area contributed by atoms with Gasteiger partial charge in [0.1, 0.15) is 0 Å². The summed E-state index contributed by atoms with van der Waals surface area (Å²) >= 11 is 0. The number of benzene rings is 1. The van der Waals surface area contributed by atoms with Gasteiger partial charge in [-0.3, -0.25) is 4.79 Å². The Morgan fingerprint density at radius 2 is 1.93 bits per heavy atom. The SMILES string of the molecule is Cc1cc(C)n2nc(C(=O)N(C)Cc3cnn(-c4ccccc4)c3)nc2n1. The molecule has 0 spiro atoms. The largest absolute Gasteiger partial charge is 0.334 e. The van der Waals surface area contributed by atoms with E-state index >= 15 is 0 Å². The van der Waals surface area contributed by atoms with E-state index in [0.717, 1.165) is 22.6 Å². The van der Waals surface area contributed by atoms with Crippen LogP contribution in [0.15, 0.2) is 48.8 Å². The second kappa shape index (κ2) is 6.64. The van der Waals surface area contributed by atoms with Gasteiger partial charge in [-0.1, -0.05) is 18.2 Å². The summed E-state index contributed by atoms with van der Waals surface area (Å²) in [6, 6.07) is 11.7. The zero-order chi connectivity index (χ0) is 19.0. The molecular weight excluding hydrogens is 342 g/mol. The zero-order valence-electron chi connectivity index (χ0n) is 15.4. The topological polar surface area (TPSA) is 81.2 Å². The van der Waals surface area contributed by atoms with Crippen LogP contribution in [0.5, 0.6) is 0 Å². The van der Waals surface area contributed by atoms with Gasteiger partial charge in [-0.15, -0.1) is 5.10 Å². The van der Waals surface area contributed by atoms with Crippen LogP contribution >= 0.6 is 0 Å². The molecule has 27 heavy (non-hydrogen) atoms. The van der Waals surface area contributed by atoms with Crippen LogP contribution in [0.2, 0.25) is 0 Å². The monoisotopic (exact) mass is 361 g/mol. The molecule has 4 rings (SSSR count). The van der Waals surface area contributed by atoms with Crippen molar-refractivity contribution in [2.24, 2.45) is 0 Å². The molecule has 8 heteroatoms. The molecule has 0 radical (unpaired) electrons. The fraction of sp³-hybridized carbons (Fsp3) is 0.211. The molecule has 4 aromatic rings. The number of rotatable bonds is 4. The molecule has 0 unspecified atom stereocenters. The first-order valence-electron chi connectivity index (χ1n) is 8.57. The van der Waals surface area contributed by atoms with Gasteiger partial charge in [0.2, 0.25) is 5.82 Å². The average Bonchev–Trinajstić information content (AvgIpc) is 3.29. The molecule has 0 bridgehead atoms. The van der Waals surface area contributed by atoms with Gasteiger partial charge in [0.05, 0.1) is 11.9 Å². The molecular formula is C19H19N7O. The van der Waals surface area contributed by atoms with Crippen molar-refractivity contribution in [1.82, 2.24) is 34.3 Å². The normalized spacial score (nSPS) is 11.1. The third kappa shape index (κ3) is 3.29. The van der Waals surface area contributed by atoms with Crippen molar-refractivity contribution in [1.29, 1.82) is 0 Å². The molecule has 0 fully saturated rings. The molecule has 1 aromatic carbocycles. The van der Waals surface area contributed by atoms with E-state index in [1.807, 2.05) is 56.4 Å². The maximum atomic E-state index is 12.7. The number of amides is 1. The molecule has 8 nitrogen and oxygen atoms in total. The van der Waals surface area contributed by atoms with Crippen LogP contribution in [0.3, 0.4) is 0 Å². The second-order valence-corrected chi connectivity index (χ2v) is 6.48. The van der Waals surface area contributed by atoms with Crippen molar-refractivity contribution < 1.29 is 4.79 Å². The van der Waals surface area contributed by atoms with Crippen molar-refractivity contribution in [2.75, 3.05) is 7.05 Å². The van der Waals surface area contributed by atoms with Gasteiger partial charge in [-0.05, 0) is 32.0 Å². The number of carbonyl (C=O) groups excluding carboxylic acids is 1. The highest BCUT2D eigenvalue weighted by molar-refractivity contribution is 5.90. The zero-order valence-corrected chi connectivity index (χ0v) is 15.4. The first-order chi connectivity index (χ1) is 13.0. The van der Waals surface area contributed by atoms with Gasteiger partial charge in [-0.25, -0.2) is 14.2 Å². The molecule has 0 saturated heterocycles. The standard InChI is InChI=1S/C19H19N7O/c1-13-9-14(2)26-19(21-13)22-17(23-26)18(27)24(3)11-15-10-20-25(12-15)16-7-5-4-6-8-16/h4-10,12H,11H2,1-3H3. The maximum absolute atomic E-state index is 12.7. The summed E-state index contributed by atoms with van der Waals surface area (Å²) in [6.45, 7) is 4.21. The van der Waals surface area contributed by atoms with Gasteiger partial charge in [0.25, 0.3) is 11.7 Å². The first-order valence-corrected chi connectivity index (χ1v) is 8.57. The maximum Gasteiger partial charge on any atom is 0.293 e. The van der Waals surface area contributed by atoms with Gasteiger partial charge < -0.3 is 4.90 Å². The Hall–Kier alpha value is -3.55. The molecule has 0 aliphatic carbocycles. The third-order valence-electron chi connectivity index (χ3n) is 4.23. The molecule has 0 aliphatic rings. The van der Waals surface area contributed by atoms with E-state index in [1.54, 1.807) is 27.3 Å². The highest BCUT2D eigenvalue weighted by atomic mass is 16.2. The lowest BCUT2D eigenvalue weighted by molar-refractivity contribution is 0.0773. The number of nitrogens with zero attached hydrogens (tertiary/aromatic N) is 7. The van der Waals surface area contributed by atoms with Crippen molar-refractivity contribution in [3.05, 3.63) is 71.6 Å². The van der Waals surface area contributed by atoms with Crippen molar-refractivity contribution >= 4 is 11.7 Å². The minimum Gasteiger partial charge on any atom is -0.334 e. The molecule has 0 aliphatic heterocycles. The summed E-state index contributed by atoms with van der Waals surface area (Å²) in [4.78, 5) is 22.9. The number of aromatic nitrogens is 6. The van der Waals surface area contributed by atoms with Crippen LogP contribution in [0.4, 0.5) is 0 Å². The first kappa shape index (κ1) is 16.9. The molecule has 0 atom stereocenters. The molecule has 136 valence electrons. The van der Waals surface area contributed by atoms with Crippen molar-refractivity contribution in [3.63, 3.8) is 0 Å². The van der Waals surface area contributed by atoms with Gasteiger partial charge in [0.15, 0.2) is 0 Å². The van der Waals surface area contributed by atoms with Crippen LogP contribution in [0.25, 0.3) is 11.5 Å². The summed E-state index contributed by atoms with van der Waals surface area (Å²) in [6.07, 6.45) is 3.66. The summed E-state index contributed by atoms with van der Waals surface area (Å²) < 4.78 is 3.37. The molecule has 0 saturated carbocycles. The molecule has 3 aromatic heterocycles. The number of hydrogen-bond acceptors (Lipinski definition) is 5. The molecule has 0 N–H and O–H groups in total.